The van der Waals surface area contributed by atoms with E-state index in [4.69, 9.17) is 4.74 Å². The number of anilines is 2. The highest BCUT2D eigenvalue weighted by molar-refractivity contribution is 8.00. The normalized spacial score (nSPS) is 12.7. The zero-order valence-corrected chi connectivity index (χ0v) is 20.3. The lowest BCUT2D eigenvalue weighted by molar-refractivity contribution is -0.142. The quantitative estimate of drug-likeness (QED) is 0.312. The summed E-state index contributed by atoms with van der Waals surface area (Å²) in [6, 6.07) is 6.77. The number of rotatable bonds is 12. The Morgan fingerprint density at radius 3 is 2.03 bits per heavy atom. The van der Waals surface area contributed by atoms with Crippen LogP contribution < -0.4 is 10.6 Å². The van der Waals surface area contributed by atoms with Gasteiger partial charge in [-0.2, -0.15) is 11.8 Å². The maximum Gasteiger partial charge on any atom is 0.306 e. The second-order valence-electron chi connectivity index (χ2n) is 8.17. The molecule has 10 heteroatoms. The number of nitrogens with one attached hydrogen (secondary N) is 2. The van der Waals surface area contributed by atoms with Gasteiger partial charge >= 0.3 is 5.97 Å². The summed E-state index contributed by atoms with van der Waals surface area (Å²) in [5, 5.41) is 5.50. The smallest absolute Gasteiger partial charge is 0.306 e. The first-order valence-corrected chi connectivity index (χ1v) is 12.0. The second-order valence-corrected chi connectivity index (χ2v) is 11.6. The highest BCUT2D eigenvalue weighted by atomic mass is 32.2. The molecule has 0 heterocycles. The first-order chi connectivity index (χ1) is 14.4. The maximum absolute atomic E-state index is 12.6. The van der Waals surface area contributed by atoms with Gasteiger partial charge in [-0.25, -0.2) is 4.21 Å². The average Bonchev–Trinajstić information content (AvgIpc) is 2.62. The molecule has 31 heavy (non-hydrogen) atoms. The molecule has 1 unspecified atom stereocenters. The first kappa shape index (κ1) is 27.1. The van der Waals surface area contributed by atoms with Crippen LogP contribution in [0.2, 0.25) is 0 Å². The van der Waals surface area contributed by atoms with E-state index in [1.165, 1.54) is 25.6 Å². The molecular formula is C21H32N2O6S2. The predicted octanol–water partition coefficient (Wildman–Crippen LogP) is 3.81. The zero-order valence-electron chi connectivity index (χ0n) is 18.6. The molecular weight excluding hydrogens is 440 g/mol. The molecule has 174 valence electrons. The molecule has 0 saturated carbocycles. The number of thioether (sulfide) groups is 1. The Bertz CT molecular complexity index is 811. The van der Waals surface area contributed by atoms with Crippen LogP contribution in [0.4, 0.5) is 11.4 Å². The van der Waals surface area contributed by atoms with Gasteiger partial charge in [0.25, 0.3) is 0 Å². The fourth-order valence-electron chi connectivity index (χ4n) is 2.62. The van der Waals surface area contributed by atoms with Crippen LogP contribution in [0.3, 0.4) is 0 Å². The summed E-state index contributed by atoms with van der Waals surface area (Å²) in [5.41, 5.74) is 0.851. The Morgan fingerprint density at radius 2 is 1.55 bits per heavy atom. The number of benzene rings is 1. The van der Waals surface area contributed by atoms with E-state index in [0.717, 1.165) is 0 Å². The molecule has 3 N–H and O–H groups in total. The third-order valence-corrected chi connectivity index (χ3v) is 6.65. The van der Waals surface area contributed by atoms with Crippen molar-refractivity contribution in [3.8, 4) is 0 Å². The molecule has 0 aromatic heterocycles. The molecule has 1 rings (SSSR count). The molecule has 0 fully saturated rings. The van der Waals surface area contributed by atoms with Gasteiger partial charge in [0.05, 0.1) is 29.1 Å². The van der Waals surface area contributed by atoms with Crippen LogP contribution in [0, 0.1) is 0 Å². The number of para-hydroxylation sites is 2. The van der Waals surface area contributed by atoms with Crippen molar-refractivity contribution in [3.63, 3.8) is 0 Å². The van der Waals surface area contributed by atoms with E-state index >= 15 is 0 Å². The van der Waals surface area contributed by atoms with E-state index in [2.05, 4.69) is 10.6 Å². The van der Waals surface area contributed by atoms with Crippen LogP contribution in [0.25, 0.3) is 0 Å². The largest absolute Gasteiger partial charge is 0.466 e. The lowest BCUT2D eigenvalue weighted by Gasteiger charge is -2.24. The highest BCUT2D eigenvalue weighted by Gasteiger charge is 2.29. The Labute approximate surface area is 190 Å². The van der Waals surface area contributed by atoms with Gasteiger partial charge in [-0.05, 0) is 32.9 Å². The predicted molar refractivity (Wildman–Crippen MR) is 126 cm³/mol. The lowest BCUT2D eigenvalue weighted by atomic mass is 10.1. The van der Waals surface area contributed by atoms with Crippen molar-refractivity contribution >= 4 is 52.0 Å². The van der Waals surface area contributed by atoms with Crippen molar-refractivity contribution < 1.29 is 27.9 Å². The summed E-state index contributed by atoms with van der Waals surface area (Å²) in [6.07, 6.45) is 0.342. The minimum atomic E-state index is -2.15. The standard InChI is InChI=1S/C21H32N2O6S2/c1-6-29-19(26)11-12-30-20(2,3)13-17(24)22-15-9-7-8-10-16(15)23-18(25)14-21(4,5)31(27)28/h7-10H,6,11-14H2,1-5H3,(H,22,24)(H,23,25)(H,27,28). The van der Waals surface area contributed by atoms with Crippen molar-refractivity contribution in [2.45, 2.75) is 63.4 Å². The molecule has 1 aromatic carbocycles. The molecule has 1 atom stereocenters. The minimum absolute atomic E-state index is 0.150. The zero-order chi connectivity index (χ0) is 23.7. The van der Waals surface area contributed by atoms with Crippen molar-refractivity contribution in [2.75, 3.05) is 23.0 Å². The van der Waals surface area contributed by atoms with E-state index in [1.54, 1.807) is 31.2 Å². The molecule has 1 aromatic rings. The van der Waals surface area contributed by atoms with Crippen molar-refractivity contribution in [1.29, 1.82) is 0 Å². The Kier molecular flexibility index (Phi) is 10.7. The molecule has 0 saturated heterocycles. The fraction of sp³-hybridized carbons (Fsp3) is 0.571. The van der Waals surface area contributed by atoms with Gasteiger partial charge in [-0.1, -0.05) is 26.0 Å². The third kappa shape index (κ3) is 10.3. The number of carbonyl (C=O) groups is 3. The van der Waals surface area contributed by atoms with Crippen LogP contribution in [0.5, 0.6) is 0 Å². The van der Waals surface area contributed by atoms with Crippen molar-refractivity contribution in [1.82, 2.24) is 0 Å². The van der Waals surface area contributed by atoms with Crippen LogP contribution in [-0.4, -0.2) is 48.4 Å². The molecule has 0 aliphatic heterocycles. The number of hydrogen-bond donors (Lipinski definition) is 3. The summed E-state index contributed by atoms with van der Waals surface area (Å²) >= 11 is -0.638. The van der Waals surface area contributed by atoms with Gasteiger partial charge in [0, 0.05) is 23.3 Å². The van der Waals surface area contributed by atoms with E-state index in [0.29, 0.717) is 23.7 Å². The average molecular weight is 473 g/mol. The summed E-state index contributed by atoms with van der Waals surface area (Å²) < 4.78 is 24.1. The molecule has 0 aliphatic carbocycles. The summed E-state index contributed by atoms with van der Waals surface area (Å²) in [6.45, 7) is 9.01. The number of ether oxygens (including phenoxy) is 1. The Morgan fingerprint density at radius 1 is 1.03 bits per heavy atom. The van der Waals surface area contributed by atoms with Crippen LogP contribution in [0.15, 0.2) is 24.3 Å². The molecule has 0 radical (unpaired) electrons. The van der Waals surface area contributed by atoms with E-state index in [9.17, 15) is 23.1 Å². The van der Waals surface area contributed by atoms with Gasteiger partial charge in [-0.3, -0.25) is 14.4 Å². The highest BCUT2D eigenvalue weighted by Crippen LogP contribution is 2.30. The number of esters is 1. The SMILES string of the molecule is CCOC(=O)CCSC(C)(C)CC(=O)Nc1ccccc1NC(=O)CC(C)(C)S(=O)O. The monoisotopic (exact) mass is 472 g/mol. The third-order valence-electron chi connectivity index (χ3n) is 4.22. The molecule has 0 aliphatic rings. The Balaban J connectivity index is 2.68. The van der Waals surface area contributed by atoms with Crippen LogP contribution in [0.1, 0.15) is 53.9 Å². The van der Waals surface area contributed by atoms with Crippen molar-refractivity contribution in [2.24, 2.45) is 0 Å². The summed E-state index contributed by atoms with van der Waals surface area (Å²) in [4.78, 5) is 36.4. The van der Waals surface area contributed by atoms with E-state index in [-0.39, 0.29) is 31.1 Å². The van der Waals surface area contributed by atoms with Gasteiger partial charge in [0.2, 0.25) is 11.8 Å². The van der Waals surface area contributed by atoms with Gasteiger partial charge in [-0.15, -0.1) is 0 Å². The van der Waals surface area contributed by atoms with Crippen LogP contribution >= 0.6 is 11.8 Å². The van der Waals surface area contributed by atoms with Crippen LogP contribution in [-0.2, 0) is 30.2 Å². The molecule has 0 bridgehead atoms. The summed E-state index contributed by atoms with van der Waals surface area (Å²) in [5.74, 6) is -0.363. The van der Waals surface area contributed by atoms with E-state index < -0.39 is 26.5 Å². The topological polar surface area (TPSA) is 122 Å². The van der Waals surface area contributed by atoms with Gasteiger partial charge in [0.15, 0.2) is 11.1 Å². The maximum atomic E-state index is 12.6. The summed E-state index contributed by atoms with van der Waals surface area (Å²) in [7, 11) is 0. The number of hydrogen-bond acceptors (Lipinski definition) is 6. The van der Waals surface area contributed by atoms with E-state index in [1.807, 2.05) is 13.8 Å². The number of amides is 2. The minimum Gasteiger partial charge on any atom is -0.466 e. The number of carbonyl (C=O) groups excluding carboxylic acids is 3. The lowest BCUT2D eigenvalue weighted by Crippen LogP contribution is -2.32. The van der Waals surface area contributed by atoms with Crippen molar-refractivity contribution in [3.05, 3.63) is 24.3 Å². The second kappa shape index (κ2) is 12.2. The molecule has 2 amide bonds. The molecule has 8 nitrogen and oxygen atoms in total. The first-order valence-electron chi connectivity index (χ1n) is 9.95. The van der Waals surface area contributed by atoms with Gasteiger partial charge in [0.1, 0.15) is 0 Å². The Hall–Kier alpha value is -1.91. The molecule has 0 spiro atoms. The fourth-order valence-corrected chi connectivity index (χ4v) is 3.93. The van der Waals surface area contributed by atoms with Gasteiger partial charge < -0.3 is 19.9 Å².